The summed E-state index contributed by atoms with van der Waals surface area (Å²) in [6, 6.07) is 7.48. The number of benzene rings is 1. The van der Waals surface area contributed by atoms with E-state index in [0.29, 0.717) is 11.5 Å². The minimum absolute atomic E-state index is 0.0783. The van der Waals surface area contributed by atoms with Gasteiger partial charge in [-0.3, -0.25) is 4.79 Å². The van der Waals surface area contributed by atoms with Crippen molar-refractivity contribution in [3.8, 4) is 5.75 Å². The molecule has 0 bridgehead atoms. The molecule has 0 aliphatic heterocycles. The molecule has 0 unspecified atom stereocenters. The molecule has 0 aliphatic rings. The number of rotatable bonds is 5. The summed E-state index contributed by atoms with van der Waals surface area (Å²) in [5, 5.41) is 5.84. The highest BCUT2D eigenvalue weighted by molar-refractivity contribution is 5.93. The first-order chi connectivity index (χ1) is 10.1. The van der Waals surface area contributed by atoms with Crippen LogP contribution >= 0.6 is 0 Å². The van der Waals surface area contributed by atoms with Gasteiger partial charge in [0.2, 0.25) is 5.95 Å². The quantitative estimate of drug-likeness (QED) is 0.882. The van der Waals surface area contributed by atoms with E-state index in [1.807, 2.05) is 38.1 Å². The lowest BCUT2D eigenvalue weighted by molar-refractivity contribution is 0.0942. The highest BCUT2D eigenvalue weighted by atomic mass is 16.5. The molecule has 6 heteroatoms. The van der Waals surface area contributed by atoms with Crippen molar-refractivity contribution in [3.63, 3.8) is 0 Å². The van der Waals surface area contributed by atoms with Gasteiger partial charge in [0.15, 0.2) is 0 Å². The average molecular weight is 286 g/mol. The number of aromatic nitrogens is 2. The second-order valence-electron chi connectivity index (χ2n) is 4.78. The van der Waals surface area contributed by atoms with Crippen molar-refractivity contribution in [3.05, 3.63) is 42.2 Å². The molecule has 0 spiro atoms. The summed E-state index contributed by atoms with van der Waals surface area (Å²) in [5.41, 5.74) is 1.28. The lowest BCUT2D eigenvalue weighted by Gasteiger charge is -2.09. The molecule has 0 radical (unpaired) electrons. The van der Waals surface area contributed by atoms with Crippen molar-refractivity contribution in [2.75, 3.05) is 12.4 Å². The van der Waals surface area contributed by atoms with Gasteiger partial charge in [-0.15, -0.1) is 0 Å². The molecule has 110 valence electrons. The van der Waals surface area contributed by atoms with Crippen LogP contribution in [0.2, 0.25) is 0 Å². The normalized spacial score (nSPS) is 10.3. The number of methoxy groups -OCH3 is 1. The van der Waals surface area contributed by atoms with E-state index in [1.165, 1.54) is 12.4 Å². The first-order valence-corrected chi connectivity index (χ1v) is 6.62. The van der Waals surface area contributed by atoms with Crippen LogP contribution in [-0.4, -0.2) is 29.0 Å². The van der Waals surface area contributed by atoms with E-state index < -0.39 is 0 Å². The Morgan fingerprint density at radius 3 is 2.29 bits per heavy atom. The number of carbonyl (C=O) groups is 1. The van der Waals surface area contributed by atoms with E-state index in [2.05, 4.69) is 20.6 Å². The maximum Gasteiger partial charge on any atom is 0.254 e. The Balaban J connectivity index is 2.03. The number of nitrogens with one attached hydrogen (secondary N) is 2. The fourth-order valence-electron chi connectivity index (χ4n) is 1.66. The first-order valence-electron chi connectivity index (χ1n) is 6.62. The molecule has 2 rings (SSSR count). The van der Waals surface area contributed by atoms with Crippen LogP contribution < -0.4 is 15.4 Å². The van der Waals surface area contributed by atoms with Gasteiger partial charge in [0, 0.05) is 24.1 Å². The molecule has 2 aromatic rings. The van der Waals surface area contributed by atoms with Gasteiger partial charge in [0.05, 0.1) is 12.7 Å². The largest absolute Gasteiger partial charge is 0.497 e. The topological polar surface area (TPSA) is 76.1 Å². The molecule has 0 aliphatic carbocycles. The van der Waals surface area contributed by atoms with E-state index >= 15 is 0 Å². The molecular weight excluding hydrogens is 268 g/mol. The molecule has 1 aromatic carbocycles. The van der Waals surface area contributed by atoms with E-state index in [0.717, 1.165) is 11.4 Å². The summed E-state index contributed by atoms with van der Waals surface area (Å²) < 4.78 is 5.09. The van der Waals surface area contributed by atoms with Gasteiger partial charge >= 0.3 is 0 Å². The number of hydrogen-bond donors (Lipinski definition) is 2. The summed E-state index contributed by atoms with van der Waals surface area (Å²) >= 11 is 0. The second kappa shape index (κ2) is 6.69. The van der Waals surface area contributed by atoms with Crippen LogP contribution in [0.15, 0.2) is 36.7 Å². The Kier molecular flexibility index (Phi) is 4.71. The summed E-state index contributed by atoms with van der Waals surface area (Å²) in [4.78, 5) is 20.0. The third-order valence-corrected chi connectivity index (χ3v) is 2.68. The summed E-state index contributed by atoms with van der Waals surface area (Å²) in [6.07, 6.45) is 2.99. The van der Waals surface area contributed by atoms with Gasteiger partial charge in [0.1, 0.15) is 5.75 Å². The van der Waals surface area contributed by atoms with E-state index in [1.54, 1.807) is 7.11 Å². The highest BCUT2D eigenvalue weighted by Gasteiger charge is 2.08. The zero-order valence-electron chi connectivity index (χ0n) is 12.3. The van der Waals surface area contributed by atoms with Gasteiger partial charge in [-0.05, 0) is 38.1 Å². The molecule has 1 heterocycles. The summed E-state index contributed by atoms with van der Waals surface area (Å²) in [5.74, 6) is 1.03. The summed E-state index contributed by atoms with van der Waals surface area (Å²) in [6.45, 7) is 3.80. The fourth-order valence-corrected chi connectivity index (χ4v) is 1.66. The SMILES string of the molecule is COc1ccc(Nc2ncc(C(=O)NC(C)C)cn2)cc1. The third-order valence-electron chi connectivity index (χ3n) is 2.68. The minimum Gasteiger partial charge on any atom is -0.497 e. The Hall–Kier alpha value is -2.63. The molecule has 1 aromatic heterocycles. The van der Waals surface area contributed by atoms with E-state index in [9.17, 15) is 4.79 Å². The monoisotopic (exact) mass is 286 g/mol. The number of anilines is 2. The Morgan fingerprint density at radius 2 is 1.76 bits per heavy atom. The zero-order chi connectivity index (χ0) is 15.2. The maximum absolute atomic E-state index is 11.8. The smallest absolute Gasteiger partial charge is 0.254 e. The van der Waals surface area contributed by atoms with Crippen LogP contribution in [0.5, 0.6) is 5.75 Å². The lowest BCUT2D eigenvalue weighted by Crippen LogP contribution is -2.30. The van der Waals surface area contributed by atoms with Crippen molar-refractivity contribution >= 4 is 17.5 Å². The lowest BCUT2D eigenvalue weighted by atomic mass is 10.3. The van der Waals surface area contributed by atoms with E-state index in [-0.39, 0.29) is 11.9 Å². The van der Waals surface area contributed by atoms with Crippen LogP contribution in [0.4, 0.5) is 11.6 Å². The van der Waals surface area contributed by atoms with Crippen LogP contribution in [0.3, 0.4) is 0 Å². The number of carbonyl (C=O) groups excluding carboxylic acids is 1. The molecule has 1 amide bonds. The van der Waals surface area contributed by atoms with Crippen LogP contribution in [-0.2, 0) is 0 Å². The van der Waals surface area contributed by atoms with Gasteiger partial charge in [-0.1, -0.05) is 0 Å². The predicted molar refractivity (Wildman–Crippen MR) is 80.9 cm³/mol. The van der Waals surface area contributed by atoms with Crippen molar-refractivity contribution in [2.24, 2.45) is 0 Å². The standard InChI is InChI=1S/C15H18N4O2/c1-10(2)18-14(20)11-8-16-15(17-9-11)19-12-4-6-13(21-3)7-5-12/h4-10H,1-3H3,(H,18,20)(H,16,17,19). The van der Waals surface area contributed by atoms with Gasteiger partial charge in [-0.25, -0.2) is 9.97 Å². The Labute approximate surface area is 123 Å². The minimum atomic E-state index is -0.180. The number of ether oxygens (including phenoxy) is 1. The van der Waals surface area contributed by atoms with Crippen LogP contribution in [0, 0.1) is 0 Å². The Morgan fingerprint density at radius 1 is 1.14 bits per heavy atom. The number of amides is 1. The molecule has 0 saturated carbocycles. The first kappa shape index (κ1) is 14.8. The van der Waals surface area contributed by atoms with E-state index in [4.69, 9.17) is 4.74 Å². The highest BCUT2D eigenvalue weighted by Crippen LogP contribution is 2.17. The van der Waals surface area contributed by atoms with Gasteiger partial charge in [-0.2, -0.15) is 0 Å². The Bertz CT molecular complexity index is 594. The molecule has 21 heavy (non-hydrogen) atoms. The third kappa shape index (κ3) is 4.17. The molecule has 0 saturated heterocycles. The van der Waals surface area contributed by atoms with Gasteiger partial charge < -0.3 is 15.4 Å². The molecule has 0 atom stereocenters. The molecular formula is C15H18N4O2. The number of nitrogens with zero attached hydrogens (tertiary/aromatic N) is 2. The molecule has 6 nitrogen and oxygen atoms in total. The van der Waals surface area contributed by atoms with Gasteiger partial charge in [0.25, 0.3) is 5.91 Å². The fraction of sp³-hybridized carbons (Fsp3) is 0.267. The average Bonchev–Trinajstić information content (AvgIpc) is 2.48. The second-order valence-corrected chi connectivity index (χ2v) is 4.78. The van der Waals surface area contributed by atoms with Crippen molar-refractivity contribution < 1.29 is 9.53 Å². The summed E-state index contributed by atoms with van der Waals surface area (Å²) in [7, 11) is 1.62. The van der Waals surface area contributed by atoms with Crippen molar-refractivity contribution in [2.45, 2.75) is 19.9 Å². The zero-order valence-corrected chi connectivity index (χ0v) is 12.3. The molecule has 2 N–H and O–H groups in total. The number of hydrogen-bond acceptors (Lipinski definition) is 5. The van der Waals surface area contributed by atoms with Crippen molar-refractivity contribution in [1.82, 2.24) is 15.3 Å². The predicted octanol–water partition coefficient (Wildman–Crippen LogP) is 2.37. The maximum atomic E-state index is 11.8. The van der Waals surface area contributed by atoms with Crippen LogP contribution in [0.25, 0.3) is 0 Å². The van der Waals surface area contributed by atoms with Crippen LogP contribution in [0.1, 0.15) is 24.2 Å². The molecule has 0 fully saturated rings. The van der Waals surface area contributed by atoms with Crippen molar-refractivity contribution in [1.29, 1.82) is 0 Å².